The van der Waals surface area contributed by atoms with E-state index in [1.54, 1.807) is 74.9 Å². The quantitative estimate of drug-likeness (QED) is 0.501. The average Bonchev–Trinajstić information content (AvgIpc) is 2.87. The minimum absolute atomic E-state index is 0.00327. The Labute approximate surface area is 207 Å². The smallest absolute Gasteiger partial charge is 0.238 e. The van der Waals surface area contributed by atoms with Gasteiger partial charge in [-0.05, 0) is 54.1 Å². The molecule has 1 atom stereocenters. The monoisotopic (exact) mass is 493 g/mol. The molecule has 3 aromatic carbocycles. The molecule has 1 fully saturated rings. The number of anilines is 1. The third-order valence-electron chi connectivity index (χ3n) is 5.32. The zero-order valence-electron chi connectivity index (χ0n) is 19.2. The van der Waals surface area contributed by atoms with E-state index in [0.717, 1.165) is 5.56 Å². The molecule has 1 unspecified atom stereocenters. The second-order valence-electron chi connectivity index (χ2n) is 7.73. The van der Waals surface area contributed by atoms with Crippen LogP contribution in [0, 0.1) is 5.82 Å². The molecule has 7 nitrogen and oxygen atoms in total. The summed E-state index contributed by atoms with van der Waals surface area (Å²) in [6.45, 7) is 0.214. The van der Waals surface area contributed by atoms with Crippen LogP contribution < -0.4 is 14.8 Å². The Morgan fingerprint density at radius 2 is 1.77 bits per heavy atom. The molecular formula is C26H24FN3O4S. The van der Waals surface area contributed by atoms with Crippen molar-refractivity contribution in [2.75, 3.05) is 19.5 Å². The molecule has 1 aliphatic heterocycles. The Morgan fingerprint density at radius 3 is 2.46 bits per heavy atom. The average molecular weight is 494 g/mol. The van der Waals surface area contributed by atoms with Gasteiger partial charge in [-0.2, -0.15) is 0 Å². The number of carbonyl (C=O) groups excluding carboxylic acids is 2. The number of nitrogens with zero attached hydrogens (tertiary/aromatic N) is 2. The summed E-state index contributed by atoms with van der Waals surface area (Å²) in [5, 5.41) is 2.57. The number of ether oxygens (including phenoxy) is 2. The molecule has 9 heteroatoms. The lowest BCUT2D eigenvalue weighted by atomic mass is 10.2. The number of aliphatic imine (C=N–C) groups is 1. The zero-order chi connectivity index (χ0) is 24.8. The lowest BCUT2D eigenvalue weighted by Crippen LogP contribution is -2.44. The van der Waals surface area contributed by atoms with Gasteiger partial charge >= 0.3 is 0 Å². The molecule has 0 spiro atoms. The first kappa shape index (κ1) is 24.3. The van der Waals surface area contributed by atoms with Gasteiger partial charge in [0.1, 0.15) is 22.6 Å². The normalized spacial score (nSPS) is 16.8. The second-order valence-corrected chi connectivity index (χ2v) is 8.90. The van der Waals surface area contributed by atoms with E-state index >= 15 is 0 Å². The lowest BCUT2D eigenvalue weighted by molar-refractivity contribution is -0.129. The Balaban J connectivity index is 1.59. The summed E-state index contributed by atoms with van der Waals surface area (Å²) >= 11 is 1.21. The van der Waals surface area contributed by atoms with Crippen molar-refractivity contribution in [1.82, 2.24) is 4.90 Å². The van der Waals surface area contributed by atoms with Gasteiger partial charge in [-0.25, -0.2) is 9.38 Å². The molecule has 4 rings (SSSR count). The maximum atomic E-state index is 13.4. The summed E-state index contributed by atoms with van der Waals surface area (Å²) in [6, 6.07) is 20.0. The molecule has 2 amide bonds. The number of thioether (sulfide) groups is 1. The predicted molar refractivity (Wildman–Crippen MR) is 135 cm³/mol. The van der Waals surface area contributed by atoms with E-state index in [0.29, 0.717) is 28.0 Å². The van der Waals surface area contributed by atoms with E-state index in [1.165, 1.54) is 28.8 Å². The van der Waals surface area contributed by atoms with Gasteiger partial charge in [0.2, 0.25) is 11.8 Å². The summed E-state index contributed by atoms with van der Waals surface area (Å²) in [5.74, 6) is 0.392. The molecule has 1 aliphatic rings. The van der Waals surface area contributed by atoms with E-state index in [1.807, 2.05) is 0 Å². The molecule has 1 saturated heterocycles. The number of rotatable bonds is 7. The van der Waals surface area contributed by atoms with E-state index in [2.05, 4.69) is 10.3 Å². The van der Waals surface area contributed by atoms with Crippen LogP contribution in [-0.2, 0) is 16.1 Å². The Kier molecular flexibility index (Phi) is 7.67. The van der Waals surface area contributed by atoms with E-state index in [4.69, 9.17) is 9.47 Å². The minimum Gasteiger partial charge on any atom is -0.497 e. The molecule has 0 aliphatic carbocycles. The fourth-order valence-electron chi connectivity index (χ4n) is 3.46. The maximum absolute atomic E-state index is 13.4. The number of hydrogen-bond acceptors (Lipinski definition) is 6. The molecular weight excluding hydrogens is 469 g/mol. The van der Waals surface area contributed by atoms with Gasteiger partial charge in [0.25, 0.3) is 0 Å². The number of hydrogen-bond donors (Lipinski definition) is 1. The van der Waals surface area contributed by atoms with Crippen LogP contribution in [-0.4, -0.2) is 41.4 Å². The first-order chi connectivity index (χ1) is 16.9. The first-order valence-corrected chi connectivity index (χ1v) is 11.7. The van der Waals surface area contributed by atoms with Crippen molar-refractivity contribution in [2.24, 2.45) is 4.99 Å². The molecule has 0 aromatic heterocycles. The highest BCUT2D eigenvalue weighted by atomic mass is 32.2. The van der Waals surface area contributed by atoms with Crippen molar-refractivity contribution in [3.63, 3.8) is 0 Å². The van der Waals surface area contributed by atoms with E-state index in [9.17, 15) is 14.0 Å². The Morgan fingerprint density at radius 1 is 1.06 bits per heavy atom. The van der Waals surface area contributed by atoms with Crippen LogP contribution in [0.1, 0.15) is 12.0 Å². The lowest BCUT2D eigenvalue weighted by Gasteiger charge is -2.32. The van der Waals surface area contributed by atoms with Crippen molar-refractivity contribution in [1.29, 1.82) is 0 Å². The summed E-state index contributed by atoms with van der Waals surface area (Å²) < 4.78 is 23.8. The number of carbonyl (C=O) groups is 2. The van der Waals surface area contributed by atoms with Crippen LogP contribution in [0.5, 0.6) is 11.5 Å². The number of halogens is 1. The largest absolute Gasteiger partial charge is 0.497 e. The number of nitrogens with one attached hydrogen (secondary N) is 1. The summed E-state index contributed by atoms with van der Waals surface area (Å²) in [7, 11) is 3.13. The third kappa shape index (κ3) is 6.19. The van der Waals surface area contributed by atoms with Crippen molar-refractivity contribution < 1.29 is 23.5 Å². The minimum atomic E-state index is -0.671. The highest BCUT2D eigenvalue weighted by Crippen LogP contribution is 2.32. The highest BCUT2D eigenvalue weighted by Gasteiger charge is 2.36. The number of amidine groups is 1. The van der Waals surface area contributed by atoms with Crippen molar-refractivity contribution in [2.45, 2.75) is 18.2 Å². The van der Waals surface area contributed by atoms with Crippen molar-refractivity contribution in [3.05, 3.63) is 84.2 Å². The Bertz CT molecular complexity index is 1230. The molecule has 3 aromatic rings. The fraction of sp³-hybridized carbons (Fsp3) is 0.192. The van der Waals surface area contributed by atoms with Gasteiger partial charge in [0.15, 0.2) is 5.17 Å². The second kappa shape index (κ2) is 11.1. The summed E-state index contributed by atoms with van der Waals surface area (Å²) in [5.41, 5.74) is 1.94. The van der Waals surface area contributed by atoms with Crippen molar-refractivity contribution in [3.8, 4) is 11.5 Å². The van der Waals surface area contributed by atoms with Gasteiger partial charge in [0.05, 0.1) is 26.5 Å². The predicted octanol–water partition coefficient (Wildman–Crippen LogP) is 5.00. The zero-order valence-corrected chi connectivity index (χ0v) is 20.0. The molecule has 0 saturated carbocycles. The van der Waals surface area contributed by atoms with Crippen LogP contribution in [0.2, 0.25) is 0 Å². The van der Waals surface area contributed by atoms with Gasteiger partial charge in [-0.3, -0.25) is 14.5 Å². The SMILES string of the molecule is COc1ccc(N=C2SC(C(=O)Nc3cccc(OC)c3)CC(=O)N2Cc2ccc(F)cc2)cc1. The highest BCUT2D eigenvalue weighted by molar-refractivity contribution is 8.15. The van der Waals surface area contributed by atoms with Crippen molar-refractivity contribution >= 4 is 40.1 Å². The topological polar surface area (TPSA) is 80.2 Å². The van der Waals surface area contributed by atoms with E-state index < -0.39 is 5.25 Å². The van der Waals surface area contributed by atoms with Crippen LogP contribution in [0.15, 0.2) is 77.8 Å². The van der Waals surface area contributed by atoms with Gasteiger partial charge < -0.3 is 14.8 Å². The summed E-state index contributed by atoms with van der Waals surface area (Å²) in [6.07, 6.45) is 0.00327. The van der Waals surface area contributed by atoms with Gasteiger partial charge in [-0.15, -0.1) is 0 Å². The van der Waals surface area contributed by atoms with Crippen LogP contribution in [0.3, 0.4) is 0 Å². The molecule has 180 valence electrons. The Hall–Kier alpha value is -3.85. The van der Waals surface area contributed by atoms with Gasteiger partial charge in [-0.1, -0.05) is 30.0 Å². The number of methoxy groups -OCH3 is 2. The van der Waals surface area contributed by atoms with Crippen LogP contribution in [0.4, 0.5) is 15.8 Å². The van der Waals surface area contributed by atoms with Crippen LogP contribution in [0.25, 0.3) is 0 Å². The fourth-order valence-corrected chi connectivity index (χ4v) is 4.56. The number of amides is 2. The number of benzene rings is 3. The molecule has 0 radical (unpaired) electrons. The molecule has 1 N–H and O–H groups in total. The standard InChI is InChI=1S/C26H24FN3O4S/c1-33-21-12-10-19(11-13-21)29-26-30(16-17-6-8-18(27)9-7-17)24(31)15-23(35-26)25(32)28-20-4-3-5-22(14-20)34-2/h3-14,23H,15-16H2,1-2H3,(H,28,32). The van der Waals surface area contributed by atoms with Crippen LogP contribution >= 0.6 is 11.8 Å². The summed E-state index contributed by atoms with van der Waals surface area (Å²) in [4.78, 5) is 32.4. The van der Waals surface area contributed by atoms with E-state index in [-0.39, 0.29) is 30.6 Å². The molecule has 0 bridgehead atoms. The third-order valence-corrected chi connectivity index (χ3v) is 6.51. The van der Waals surface area contributed by atoms with Gasteiger partial charge in [0, 0.05) is 18.2 Å². The maximum Gasteiger partial charge on any atom is 0.238 e. The first-order valence-electron chi connectivity index (χ1n) is 10.8. The molecule has 35 heavy (non-hydrogen) atoms. The molecule has 1 heterocycles.